The zero-order valence-electron chi connectivity index (χ0n) is 15.4. The van der Waals surface area contributed by atoms with Gasteiger partial charge in [-0.2, -0.15) is 13.2 Å². The second kappa shape index (κ2) is 11.2. The maximum atomic E-state index is 12.6. The summed E-state index contributed by atoms with van der Waals surface area (Å²) in [6.07, 6.45) is -4.03. The summed E-state index contributed by atoms with van der Waals surface area (Å²) in [5.74, 6) is 0.596. The second-order valence-electron chi connectivity index (χ2n) is 5.82. The molecular formula is C17H26F3IN4O. The summed E-state index contributed by atoms with van der Waals surface area (Å²) in [6, 6.07) is 5.06. The lowest BCUT2D eigenvalue weighted by Gasteiger charge is -2.22. The van der Waals surface area contributed by atoms with E-state index in [1.165, 1.54) is 17.0 Å². The van der Waals surface area contributed by atoms with Gasteiger partial charge in [0.15, 0.2) is 5.96 Å². The highest BCUT2D eigenvalue weighted by atomic mass is 127. The van der Waals surface area contributed by atoms with E-state index in [9.17, 15) is 18.0 Å². The van der Waals surface area contributed by atoms with Crippen LogP contribution in [-0.4, -0.2) is 55.9 Å². The molecule has 5 nitrogen and oxygen atoms in total. The van der Waals surface area contributed by atoms with Crippen molar-refractivity contribution in [3.8, 4) is 0 Å². The molecule has 1 amide bonds. The number of benzene rings is 1. The largest absolute Gasteiger partial charge is 0.416 e. The summed E-state index contributed by atoms with van der Waals surface area (Å²) in [5, 5.41) is 3.11. The van der Waals surface area contributed by atoms with Crippen LogP contribution in [-0.2, 0) is 17.5 Å². The zero-order valence-corrected chi connectivity index (χ0v) is 17.8. The highest BCUT2D eigenvalue weighted by molar-refractivity contribution is 14.0. The molecule has 0 heterocycles. The highest BCUT2D eigenvalue weighted by Gasteiger charge is 2.29. The molecule has 0 fully saturated rings. The Labute approximate surface area is 169 Å². The van der Waals surface area contributed by atoms with Crippen molar-refractivity contribution in [2.45, 2.75) is 26.1 Å². The number of nitrogens with one attached hydrogen (secondary N) is 1. The third-order valence-electron chi connectivity index (χ3n) is 3.48. The average Bonchev–Trinajstić information content (AvgIpc) is 2.53. The molecule has 0 aromatic heterocycles. The van der Waals surface area contributed by atoms with Gasteiger partial charge in [-0.3, -0.25) is 9.79 Å². The maximum Gasteiger partial charge on any atom is 0.416 e. The van der Waals surface area contributed by atoms with Crippen LogP contribution in [0.3, 0.4) is 0 Å². The monoisotopic (exact) mass is 486 g/mol. The van der Waals surface area contributed by atoms with E-state index in [1.54, 1.807) is 21.1 Å². The minimum atomic E-state index is -4.33. The number of carbonyl (C=O) groups is 1. The molecule has 0 saturated heterocycles. The van der Waals surface area contributed by atoms with Gasteiger partial charge in [0.2, 0.25) is 5.91 Å². The summed E-state index contributed by atoms with van der Waals surface area (Å²) in [6.45, 7) is 3.33. The van der Waals surface area contributed by atoms with Gasteiger partial charge >= 0.3 is 6.18 Å². The lowest BCUT2D eigenvalue weighted by Crippen LogP contribution is -2.38. The molecule has 1 rings (SSSR count). The van der Waals surface area contributed by atoms with Gasteiger partial charge in [0.1, 0.15) is 0 Å². The molecule has 9 heteroatoms. The minimum Gasteiger partial charge on any atom is -0.357 e. The Balaban J connectivity index is 0.00000625. The molecular weight excluding hydrogens is 460 g/mol. The zero-order chi connectivity index (χ0) is 19.0. The summed E-state index contributed by atoms with van der Waals surface area (Å²) in [7, 11) is 5.18. The van der Waals surface area contributed by atoms with Gasteiger partial charge in [0.25, 0.3) is 0 Å². The van der Waals surface area contributed by atoms with Crippen molar-refractivity contribution in [3.05, 3.63) is 35.4 Å². The van der Waals surface area contributed by atoms with Crippen LogP contribution in [0.1, 0.15) is 24.5 Å². The third-order valence-corrected chi connectivity index (χ3v) is 3.48. The molecule has 0 aliphatic rings. The van der Waals surface area contributed by atoms with Crippen LogP contribution in [0.2, 0.25) is 0 Å². The van der Waals surface area contributed by atoms with Crippen molar-refractivity contribution in [1.29, 1.82) is 0 Å². The Morgan fingerprint density at radius 1 is 1.15 bits per heavy atom. The molecule has 26 heavy (non-hydrogen) atoms. The quantitative estimate of drug-likeness (QED) is 0.382. The Bertz CT molecular complexity index is 589. The normalized spacial score (nSPS) is 11.6. The number of hydrogen-bond donors (Lipinski definition) is 1. The van der Waals surface area contributed by atoms with Crippen LogP contribution in [0.5, 0.6) is 0 Å². The standard InChI is InChI=1S/C17H25F3N4O.HI/c1-5-21-16(22-11-10-15(25)23(2)3)24(4)12-13-6-8-14(9-7-13)17(18,19)20;/h6-9H,5,10-12H2,1-4H3,(H,21,22);1H. The number of amides is 1. The fourth-order valence-corrected chi connectivity index (χ4v) is 2.10. The smallest absolute Gasteiger partial charge is 0.357 e. The molecule has 0 radical (unpaired) electrons. The first-order valence-corrected chi connectivity index (χ1v) is 8.01. The van der Waals surface area contributed by atoms with E-state index in [2.05, 4.69) is 10.3 Å². The molecule has 1 aromatic rings. The molecule has 1 aromatic carbocycles. The maximum absolute atomic E-state index is 12.6. The summed E-state index contributed by atoms with van der Waals surface area (Å²) in [5.41, 5.74) is 0.0761. The molecule has 1 N–H and O–H groups in total. The molecule has 0 aliphatic heterocycles. The number of halogens is 4. The third kappa shape index (κ3) is 8.24. The van der Waals surface area contributed by atoms with Crippen LogP contribution in [0.4, 0.5) is 13.2 Å². The highest BCUT2D eigenvalue weighted by Crippen LogP contribution is 2.29. The summed E-state index contributed by atoms with van der Waals surface area (Å²) in [4.78, 5) is 19.3. The number of aliphatic imine (C=N–C) groups is 1. The average molecular weight is 486 g/mol. The Morgan fingerprint density at radius 3 is 2.19 bits per heavy atom. The van der Waals surface area contributed by atoms with Crippen molar-refractivity contribution in [3.63, 3.8) is 0 Å². The van der Waals surface area contributed by atoms with E-state index in [0.29, 0.717) is 32.0 Å². The SMILES string of the molecule is CCNC(=NCCC(=O)N(C)C)N(C)Cc1ccc(C(F)(F)F)cc1.I. The van der Waals surface area contributed by atoms with E-state index >= 15 is 0 Å². The van der Waals surface area contributed by atoms with Crippen molar-refractivity contribution in [2.24, 2.45) is 4.99 Å². The van der Waals surface area contributed by atoms with Crippen LogP contribution in [0.25, 0.3) is 0 Å². The summed E-state index contributed by atoms with van der Waals surface area (Å²) < 4.78 is 37.8. The minimum absolute atomic E-state index is 0. The Kier molecular flexibility index (Phi) is 10.6. The first-order chi connectivity index (χ1) is 11.6. The number of nitrogens with zero attached hydrogens (tertiary/aromatic N) is 3. The predicted molar refractivity (Wildman–Crippen MR) is 108 cm³/mol. The van der Waals surface area contributed by atoms with Crippen molar-refractivity contribution in [2.75, 3.05) is 34.2 Å². The molecule has 0 saturated carbocycles. The number of hydrogen-bond acceptors (Lipinski definition) is 2. The van der Waals surface area contributed by atoms with Crippen molar-refractivity contribution < 1.29 is 18.0 Å². The first kappa shape index (κ1) is 24.5. The van der Waals surface area contributed by atoms with Crippen LogP contribution >= 0.6 is 24.0 Å². The fraction of sp³-hybridized carbons (Fsp3) is 0.529. The van der Waals surface area contributed by atoms with Crippen LogP contribution < -0.4 is 5.32 Å². The molecule has 148 valence electrons. The number of rotatable bonds is 6. The van der Waals surface area contributed by atoms with Gasteiger partial charge in [-0.15, -0.1) is 24.0 Å². The molecule has 0 aliphatic carbocycles. The van der Waals surface area contributed by atoms with Crippen LogP contribution in [0, 0.1) is 0 Å². The first-order valence-electron chi connectivity index (χ1n) is 8.01. The van der Waals surface area contributed by atoms with E-state index in [1.807, 2.05) is 11.8 Å². The van der Waals surface area contributed by atoms with Gasteiger partial charge in [0.05, 0.1) is 12.1 Å². The van der Waals surface area contributed by atoms with Gasteiger partial charge in [0, 0.05) is 40.7 Å². The number of guanidine groups is 1. The topological polar surface area (TPSA) is 47.9 Å². The lowest BCUT2D eigenvalue weighted by atomic mass is 10.1. The molecule has 0 spiro atoms. The van der Waals surface area contributed by atoms with Gasteiger partial charge < -0.3 is 15.1 Å². The van der Waals surface area contributed by atoms with Crippen LogP contribution in [0.15, 0.2) is 29.3 Å². The lowest BCUT2D eigenvalue weighted by molar-refractivity contribution is -0.137. The Hall–Kier alpha value is -1.52. The summed E-state index contributed by atoms with van der Waals surface area (Å²) >= 11 is 0. The van der Waals surface area contributed by atoms with E-state index in [0.717, 1.165) is 17.7 Å². The molecule has 0 atom stereocenters. The Morgan fingerprint density at radius 2 is 1.73 bits per heavy atom. The van der Waals surface area contributed by atoms with E-state index in [4.69, 9.17) is 0 Å². The van der Waals surface area contributed by atoms with Gasteiger partial charge in [-0.1, -0.05) is 12.1 Å². The number of alkyl halides is 3. The van der Waals surface area contributed by atoms with Gasteiger partial charge in [-0.05, 0) is 24.6 Å². The van der Waals surface area contributed by atoms with Crippen molar-refractivity contribution >= 4 is 35.8 Å². The second-order valence-corrected chi connectivity index (χ2v) is 5.82. The van der Waals surface area contributed by atoms with E-state index in [-0.39, 0.29) is 29.9 Å². The molecule has 0 unspecified atom stereocenters. The number of carbonyl (C=O) groups excluding carboxylic acids is 1. The van der Waals surface area contributed by atoms with E-state index < -0.39 is 11.7 Å². The van der Waals surface area contributed by atoms with Gasteiger partial charge in [-0.25, -0.2) is 0 Å². The molecule has 0 bridgehead atoms. The predicted octanol–water partition coefficient (Wildman–Crippen LogP) is 3.20. The van der Waals surface area contributed by atoms with Crippen molar-refractivity contribution in [1.82, 2.24) is 15.1 Å². The fourth-order valence-electron chi connectivity index (χ4n) is 2.10.